The summed E-state index contributed by atoms with van der Waals surface area (Å²) in [6.07, 6.45) is 12.4. The highest BCUT2D eigenvalue weighted by molar-refractivity contribution is 7.92. The summed E-state index contributed by atoms with van der Waals surface area (Å²) < 4.78 is 19.7. The summed E-state index contributed by atoms with van der Waals surface area (Å²) in [7, 11) is -0.250. The average molecular weight is 573 g/mol. The second-order valence-electron chi connectivity index (χ2n) is 11.3. The van der Waals surface area contributed by atoms with E-state index >= 15 is 0 Å². The van der Waals surface area contributed by atoms with Crippen LogP contribution in [0.4, 0.5) is 17.5 Å². The van der Waals surface area contributed by atoms with E-state index in [1.807, 2.05) is 0 Å². The van der Waals surface area contributed by atoms with Crippen molar-refractivity contribution in [2.24, 2.45) is 4.36 Å². The van der Waals surface area contributed by atoms with Crippen LogP contribution in [0, 0.1) is 0 Å². The molecule has 1 aliphatic carbocycles. The Morgan fingerprint density at radius 1 is 1.20 bits per heavy atom. The maximum atomic E-state index is 13.4. The van der Waals surface area contributed by atoms with Gasteiger partial charge in [0, 0.05) is 47.2 Å². The third-order valence-electron chi connectivity index (χ3n) is 7.84. The summed E-state index contributed by atoms with van der Waals surface area (Å²) in [6.45, 7) is 6.07. The number of nitrogens with zero attached hydrogens (tertiary/aromatic N) is 7. The second-order valence-corrected chi connectivity index (χ2v) is 13.9. The lowest BCUT2D eigenvalue weighted by Crippen LogP contribution is -2.27. The molecule has 0 radical (unpaired) electrons. The fraction of sp³-hybridized carbons (Fsp3) is 0.400. The highest BCUT2D eigenvalue weighted by atomic mass is 32.2. The minimum atomic E-state index is -2.42. The normalized spacial score (nSPS) is 16.2. The molecule has 0 bridgehead atoms. The molecule has 0 unspecified atom stereocenters. The van der Waals surface area contributed by atoms with Crippen molar-refractivity contribution in [3.05, 3.63) is 76.2 Å². The molecule has 0 atom stereocenters. The number of fused-ring (bicyclic) bond motifs is 2. The first-order chi connectivity index (χ1) is 19.7. The van der Waals surface area contributed by atoms with E-state index in [1.165, 1.54) is 47.1 Å². The molecule has 1 saturated carbocycles. The van der Waals surface area contributed by atoms with Gasteiger partial charge in [-0.25, -0.2) is 23.5 Å². The molecule has 11 heteroatoms. The SMILES string of the molecule is C=CCn1c(=O)c2cnc(Nc3cc4c(c(C5CCCC5)c3)CCN(C)C4)nc2n1-c1cccc(N=S(C)(C)=O)n1. The van der Waals surface area contributed by atoms with Crippen LogP contribution in [0.15, 0.2) is 58.3 Å². The molecule has 4 heterocycles. The molecule has 1 aromatic carbocycles. The molecule has 214 valence electrons. The topological polar surface area (TPSA) is 110 Å². The average Bonchev–Trinajstić information content (AvgIpc) is 3.55. The number of hydrogen-bond acceptors (Lipinski definition) is 8. The molecule has 0 amide bonds. The van der Waals surface area contributed by atoms with E-state index in [1.54, 1.807) is 47.7 Å². The minimum Gasteiger partial charge on any atom is -0.324 e. The van der Waals surface area contributed by atoms with Crippen molar-refractivity contribution in [2.75, 3.05) is 31.4 Å². The van der Waals surface area contributed by atoms with Gasteiger partial charge < -0.3 is 10.2 Å². The quantitative estimate of drug-likeness (QED) is 0.313. The van der Waals surface area contributed by atoms with Crippen LogP contribution in [0.1, 0.15) is 48.3 Å². The molecule has 10 nitrogen and oxygen atoms in total. The summed E-state index contributed by atoms with van der Waals surface area (Å²) in [5.41, 5.74) is 5.45. The van der Waals surface area contributed by atoms with Gasteiger partial charge in [-0.05, 0) is 73.2 Å². The summed E-state index contributed by atoms with van der Waals surface area (Å²) in [6, 6.07) is 9.73. The monoisotopic (exact) mass is 572 g/mol. The van der Waals surface area contributed by atoms with Crippen LogP contribution in [0.3, 0.4) is 0 Å². The lowest BCUT2D eigenvalue weighted by molar-refractivity contribution is 0.311. The van der Waals surface area contributed by atoms with Crippen molar-refractivity contribution >= 4 is 38.2 Å². The summed E-state index contributed by atoms with van der Waals surface area (Å²) in [4.78, 5) is 29.7. The minimum absolute atomic E-state index is 0.245. The van der Waals surface area contributed by atoms with Gasteiger partial charge in [-0.1, -0.05) is 25.0 Å². The smallest absolute Gasteiger partial charge is 0.278 e. The van der Waals surface area contributed by atoms with Gasteiger partial charge in [-0.15, -0.1) is 6.58 Å². The van der Waals surface area contributed by atoms with Crippen molar-refractivity contribution < 1.29 is 4.21 Å². The van der Waals surface area contributed by atoms with Gasteiger partial charge in [0.1, 0.15) is 5.39 Å². The predicted molar refractivity (Wildman–Crippen MR) is 164 cm³/mol. The van der Waals surface area contributed by atoms with Crippen molar-refractivity contribution in [3.8, 4) is 5.82 Å². The Morgan fingerprint density at radius 3 is 2.76 bits per heavy atom. The molecule has 0 spiro atoms. The number of pyridine rings is 1. The number of allylic oxidation sites excluding steroid dienone is 1. The fourth-order valence-electron chi connectivity index (χ4n) is 6.09. The van der Waals surface area contributed by atoms with Crippen molar-refractivity contribution in [1.29, 1.82) is 0 Å². The van der Waals surface area contributed by atoms with E-state index in [2.05, 4.69) is 50.3 Å². The second kappa shape index (κ2) is 10.9. The maximum absolute atomic E-state index is 13.4. The zero-order valence-electron chi connectivity index (χ0n) is 23.8. The van der Waals surface area contributed by atoms with E-state index in [0.717, 1.165) is 25.2 Å². The van der Waals surface area contributed by atoms with Crippen LogP contribution in [0.2, 0.25) is 0 Å². The van der Waals surface area contributed by atoms with Crippen molar-refractivity contribution in [2.45, 2.75) is 51.1 Å². The van der Waals surface area contributed by atoms with Gasteiger partial charge in [0.15, 0.2) is 17.3 Å². The van der Waals surface area contributed by atoms with E-state index in [0.29, 0.717) is 34.5 Å². The Balaban J connectivity index is 1.45. The van der Waals surface area contributed by atoms with E-state index < -0.39 is 9.73 Å². The summed E-state index contributed by atoms with van der Waals surface area (Å²) >= 11 is 0. The van der Waals surface area contributed by atoms with E-state index in [-0.39, 0.29) is 12.1 Å². The first kappa shape index (κ1) is 27.3. The summed E-state index contributed by atoms with van der Waals surface area (Å²) in [5.74, 6) is 1.76. The van der Waals surface area contributed by atoms with Gasteiger partial charge in [-0.2, -0.15) is 9.35 Å². The molecule has 0 saturated heterocycles. The van der Waals surface area contributed by atoms with E-state index in [4.69, 9.17) is 4.98 Å². The van der Waals surface area contributed by atoms with Crippen LogP contribution >= 0.6 is 0 Å². The van der Waals surface area contributed by atoms with Crippen molar-refractivity contribution in [3.63, 3.8) is 0 Å². The Morgan fingerprint density at radius 2 is 2.00 bits per heavy atom. The number of hydrogen-bond donors (Lipinski definition) is 1. The molecule has 6 rings (SSSR count). The third-order valence-corrected chi connectivity index (χ3v) is 8.47. The van der Waals surface area contributed by atoms with Crippen LogP contribution in [-0.2, 0) is 29.2 Å². The van der Waals surface area contributed by atoms with Crippen LogP contribution in [0.25, 0.3) is 16.9 Å². The molecular weight excluding hydrogens is 536 g/mol. The first-order valence-electron chi connectivity index (χ1n) is 14.1. The fourth-order valence-corrected chi connectivity index (χ4v) is 6.64. The van der Waals surface area contributed by atoms with E-state index in [9.17, 15) is 9.00 Å². The lowest BCUT2D eigenvalue weighted by atomic mass is 9.86. The van der Waals surface area contributed by atoms with Gasteiger partial charge in [0.2, 0.25) is 5.95 Å². The Kier molecular flexibility index (Phi) is 7.25. The standard InChI is InChI=1S/C30H36N8O2S/c1-5-14-37-29(39)25-18-31-30(34-28(25)38(37)27-12-8-11-26(33-27)35-41(3,4)40)32-22-16-21-19-36(2)15-13-23(21)24(17-22)20-9-6-7-10-20/h5,8,11-12,16-18,20H,1,6-7,9-10,13-15,19H2,2-4H3,(H,31,32,34). The molecule has 1 N–H and O–H groups in total. The number of nitrogens with one attached hydrogen (secondary N) is 1. The Labute approximate surface area is 240 Å². The molecule has 2 aliphatic rings. The largest absolute Gasteiger partial charge is 0.324 e. The summed E-state index contributed by atoms with van der Waals surface area (Å²) in [5, 5.41) is 3.81. The number of anilines is 2. The van der Waals surface area contributed by atoms with Gasteiger partial charge in [0.25, 0.3) is 5.56 Å². The van der Waals surface area contributed by atoms with Crippen molar-refractivity contribution in [1.82, 2.24) is 29.2 Å². The predicted octanol–water partition coefficient (Wildman–Crippen LogP) is 4.91. The maximum Gasteiger partial charge on any atom is 0.278 e. The van der Waals surface area contributed by atoms with Crippen LogP contribution in [-0.4, -0.2) is 59.5 Å². The first-order valence-corrected chi connectivity index (χ1v) is 16.4. The van der Waals surface area contributed by atoms with Crippen LogP contribution < -0.4 is 10.9 Å². The molecule has 3 aromatic heterocycles. The number of likely N-dealkylation sites (N-methyl/N-ethyl adjacent to an activating group) is 1. The molecule has 4 aromatic rings. The Bertz CT molecular complexity index is 1820. The number of rotatable bonds is 7. The highest BCUT2D eigenvalue weighted by Crippen LogP contribution is 2.40. The van der Waals surface area contributed by atoms with Gasteiger partial charge in [0.05, 0.1) is 6.54 Å². The number of aromatic nitrogens is 5. The highest BCUT2D eigenvalue weighted by Gasteiger charge is 2.25. The zero-order valence-corrected chi connectivity index (χ0v) is 24.7. The molecule has 1 aliphatic heterocycles. The molecule has 41 heavy (non-hydrogen) atoms. The lowest BCUT2D eigenvalue weighted by Gasteiger charge is -2.29. The Hall–Kier alpha value is -3.83. The molecular formula is C30H36N8O2S. The zero-order chi connectivity index (χ0) is 28.7. The molecule has 1 fully saturated rings. The van der Waals surface area contributed by atoms with Crippen LogP contribution in [0.5, 0.6) is 0 Å². The number of benzene rings is 1. The third kappa shape index (κ3) is 5.56. The van der Waals surface area contributed by atoms with Gasteiger partial charge >= 0.3 is 0 Å². The van der Waals surface area contributed by atoms with Gasteiger partial charge in [-0.3, -0.25) is 4.79 Å².